The minimum absolute atomic E-state index is 0.162. The quantitative estimate of drug-likeness (QED) is 0.925. The van der Waals surface area contributed by atoms with E-state index < -0.39 is 11.4 Å². The molecule has 1 aliphatic heterocycles. The van der Waals surface area contributed by atoms with Crippen LogP contribution >= 0.6 is 0 Å². The smallest absolute Gasteiger partial charge is 0.311 e. The summed E-state index contributed by atoms with van der Waals surface area (Å²) >= 11 is 0. The summed E-state index contributed by atoms with van der Waals surface area (Å²) in [7, 11) is 1.85. The zero-order valence-electron chi connectivity index (χ0n) is 12.4. The van der Waals surface area contributed by atoms with Crippen LogP contribution in [0.4, 0.5) is 10.3 Å². The van der Waals surface area contributed by atoms with E-state index in [1.807, 2.05) is 22.6 Å². The van der Waals surface area contributed by atoms with Gasteiger partial charge in [0.1, 0.15) is 5.52 Å². The number of anilines is 1. The van der Waals surface area contributed by atoms with Gasteiger partial charge in [0, 0.05) is 20.1 Å². The molecule has 2 aliphatic rings. The maximum absolute atomic E-state index is 13.9. The summed E-state index contributed by atoms with van der Waals surface area (Å²) in [5.74, 6) is -0.223. The molecule has 116 valence electrons. The Kier molecular flexibility index (Phi) is 2.74. The SMILES string of the molecule is Cn1c(N2C[C@@H]3CCC[C@@]3(C(=O)O)C2)nc2c(F)cccc21. The van der Waals surface area contributed by atoms with Gasteiger partial charge in [0.2, 0.25) is 5.95 Å². The van der Waals surface area contributed by atoms with Crippen LogP contribution in [0.5, 0.6) is 0 Å². The summed E-state index contributed by atoms with van der Waals surface area (Å²) in [5.41, 5.74) is 0.425. The fraction of sp³-hybridized carbons (Fsp3) is 0.500. The molecule has 2 heterocycles. The fourth-order valence-electron chi connectivity index (χ4n) is 4.24. The van der Waals surface area contributed by atoms with Gasteiger partial charge in [0.05, 0.1) is 10.9 Å². The molecular formula is C16H18FN3O2. The maximum Gasteiger partial charge on any atom is 0.311 e. The summed E-state index contributed by atoms with van der Waals surface area (Å²) in [6.45, 7) is 1.15. The Morgan fingerprint density at radius 3 is 3.00 bits per heavy atom. The number of carboxylic acids is 1. The molecule has 1 aliphatic carbocycles. The van der Waals surface area contributed by atoms with Crippen molar-refractivity contribution in [2.75, 3.05) is 18.0 Å². The van der Waals surface area contributed by atoms with Crippen LogP contribution in [0.2, 0.25) is 0 Å². The number of nitrogens with zero attached hydrogens (tertiary/aromatic N) is 3. The molecule has 2 aromatic rings. The molecule has 1 aromatic carbocycles. The Bertz CT molecular complexity index is 772. The van der Waals surface area contributed by atoms with Gasteiger partial charge in [-0.1, -0.05) is 12.5 Å². The van der Waals surface area contributed by atoms with E-state index in [-0.39, 0.29) is 11.7 Å². The van der Waals surface area contributed by atoms with Crippen molar-refractivity contribution >= 4 is 23.0 Å². The van der Waals surface area contributed by atoms with E-state index in [1.54, 1.807) is 6.07 Å². The van der Waals surface area contributed by atoms with E-state index in [2.05, 4.69) is 4.98 Å². The molecule has 6 heteroatoms. The largest absolute Gasteiger partial charge is 0.481 e. The van der Waals surface area contributed by atoms with Gasteiger partial charge >= 0.3 is 5.97 Å². The lowest BCUT2D eigenvalue weighted by Crippen LogP contribution is -2.36. The Labute approximate surface area is 127 Å². The number of rotatable bonds is 2. The Morgan fingerprint density at radius 2 is 2.32 bits per heavy atom. The second kappa shape index (κ2) is 4.44. The number of para-hydroxylation sites is 1. The summed E-state index contributed by atoms with van der Waals surface area (Å²) in [4.78, 5) is 18.2. The van der Waals surface area contributed by atoms with Gasteiger partial charge in [-0.25, -0.2) is 9.37 Å². The number of carboxylic acid groups (broad SMARTS) is 1. The highest BCUT2D eigenvalue weighted by atomic mass is 19.1. The van der Waals surface area contributed by atoms with Crippen LogP contribution in [0.25, 0.3) is 11.0 Å². The molecule has 2 atom stereocenters. The molecule has 0 radical (unpaired) electrons. The normalized spacial score (nSPS) is 27.5. The number of fused-ring (bicyclic) bond motifs is 2. The number of aliphatic carboxylic acids is 1. The fourth-order valence-corrected chi connectivity index (χ4v) is 4.24. The van der Waals surface area contributed by atoms with Crippen LogP contribution in [0, 0.1) is 17.2 Å². The highest BCUT2D eigenvalue weighted by Gasteiger charge is 2.55. The topological polar surface area (TPSA) is 58.4 Å². The number of hydrogen-bond donors (Lipinski definition) is 1. The predicted octanol–water partition coefficient (Wildman–Crippen LogP) is 2.40. The standard InChI is InChI=1S/C16H18FN3O2/c1-19-12-6-2-5-11(17)13(12)18-15(19)20-8-10-4-3-7-16(10,9-20)14(21)22/h2,5-6,10H,3-4,7-9H2,1H3,(H,21,22)/t10-,16+/m0/s1. The molecule has 4 rings (SSSR count). The average molecular weight is 303 g/mol. The van der Waals surface area contributed by atoms with Crippen LogP contribution in [0.15, 0.2) is 18.2 Å². The molecule has 5 nitrogen and oxygen atoms in total. The molecule has 0 bridgehead atoms. The number of imidazole rings is 1. The molecule has 0 spiro atoms. The van der Waals surface area contributed by atoms with E-state index in [0.717, 1.165) is 24.8 Å². The highest BCUT2D eigenvalue weighted by Crippen LogP contribution is 2.49. The zero-order valence-corrected chi connectivity index (χ0v) is 12.4. The molecule has 1 aromatic heterocycles. The molecule has 0 unspecified atom stereocenters. The first-order valence-electron chi connectivity index (χ1n) is 7.62. The van der Waals surface area contributed by atoms with Gasteiger partial charge in [0.25, 0.3) is 0 Å². The number of aromatic nitrogens is 2. The Hall–Kier alpha value is -2.11. The van der Waals surface area contributed by atoms with E-state index in [0.29, 0.717) is 24.6 Å². The van der Waals surface area contributed by atoms with Crippen molar-refractivity contribution in [3.63, 3.8) is 0 Å². The van der Waals surface area contributed by atoms with Crippen LogP contribution in [0.3, 0.4) is 0 Å². The molecule has 0 amide bonds. The number of benzene rings is 1. The maximum atomic E-state index is 13.9. The van der Waals surface area contributed by atoms with E-state index in [9.17, 15) is 14.3 Å². The number of carbonyl (C=O) groups is 1. The van der Waals surface area contributed by atoms with Crippen molar-refractivity contribution in [3.8, 4) is 0 Å². The molecular weight excluding hydrogens is 285 g/mol. The summed E-state index contributed by atoms with van der Waals surface area (Å²) < 4.78 is 15.8. The van der Waals surface area contributed by atoms with Crippen molar-refractivity contribution in [1.82, 2.24) is 9.55 Å². The number of aryl methyl sites for hydroxylation is 1. The predicted molar refractivity (Wildman–Crippen MR) is 80.3 cm³/mol. The monoisotopic (exact) mass is 303 g/mol. The minimum Gasteiger partial charge on any atom is -0.481 e. The first-order valence-corrected chi connectivity index (χ1v) is 7.62. The lowest BCUT2D eigenvalue weighted by Gasteiger charge is -2.23. The van der Waals surface area contributed by atoms with E-state index in [4.69, 9.17) is 0 Å². The summed E-state index contributed by atoms with van der Waals surface area (Å²) in [6.07, 6.45) is 2.64. The summed E-state index contributed by atoms with van der Waals surface area (Å²) in [6, 6.07) is 4.90. The van der Waals surface area contributed by atoms with Gasteiger partial charge in [0.15, 0.2) is 5.82 Å². The highest BCUT2D eigenvalue weighted by molar-refractivity contribution is 5.81. The van der Waals surface area contributed by atoms with Crippen LogP contribution in [-0.2, 0) is 11.8 Å². The minimum atomic E-state index is -0.706. The van der Waals surface area contributed by atoms with Crippen LogP contribution in [-0.4, -0.2) is 33.7 Å². The molecule has 22 heavy (non-hydrogen) atoms. The summed E-state index contributed by atoms with van der Waals surface area (Å²) in [5, 5.41) is 9.68. The van der Waals surface area contributed by atoms with Crippen molar-refractivity contribution in [1.29, 1.82) is 0 Å². The third kappa shape index (κ3) is 1.63. The second-order valence-corrected chi connectivity index (χ2v) is 6.51. The van der Waals surface area contributed by atoms with E-state index >= 15 is 0 Å². The van der Waals surface area contributed by atoms with Gasteiger partial charge in [-0.3, -0.25) is 4.79 Å². The third-order valence-electron chi connectivity index (χ3n) is 5.42. The first-order chi connectivity index (χ1) is 10.5. The Balaban J connectivity index is 1.77. The van der Waals surface area contributed by atoms with Crippen LogP contribution < -0.4 is 4.90 Å². The van der Waals surface area contributed by atoms with Crippen molar-refractivity contribution in [3.05, 3.63) is 24.0 Å². The van der Waals surface area contributed by atoms with Gasteiger partial charge in [-0.15, -0.1) is 0 Å². The van der Waals surface area contributed by atoms with Gasteiger partial charge < -0.3 is 14.6 Å². The lowest BCUT2D eigenvalue weighted by atomic mass is 9.81. The van der Waals surface area contributed by atoms with Gasteiger partial charge in [-0.05, 0) is 30.9 Å². The zero-order chi connectivity index (χ0) is 15.5. The molecule has 1 saturated carbocycles. The third-order valence-corrected chi connectivity index (χ3v) is 5.42. The molecule has 1 N–H and O–H groups in total. The Morgan fingerprint density at radius 1 is 1.50 bits per heavy atom. The lowest BCUT2D eigenvalue weighted by molar-refractivity contribution is -0.149. The van der Waals surface area contributed by atoms with Gasteiger partial charge in [-0.2, -0.15) is 0 Å². The van der Waals surface area contributed by atoms with E-state index in [1.165, 1.54) is 6.07 Å². The number of hydrogen-bond acceptors (Lipinski definition) is 3. The van der Waals surface area contributed by atoms with Crippen molar-refractivity contribution < 1.29 is 14.3 Å². The average Bonchev–Trinajstić information content (AvgIpc) is 3.11. The molecule has 1 saturated heterocycles. The first kappa shape index (κ1) is 13.5. The van der Waals surface area contributed by atoms with Crippen molar-refractivity contribution in [2.45, 2.75) is 19.3 Å². The second-order valence-electron chi connectivity index (χ2n) is 6.51. The number of halogens is 1. The molecule has 2 fully saturated rings. The van der Waals surface area contributed by atoms with Crippen molar-refractivity contribution in [2.24, 2.45) is 18.4 Å². The van der Waals surface area contributed by atoms with Crippen LogP contribution in [0.1, 0.15) is 19.3 Å².